The molecular formula is C21H24FN5O. The summed E-state index contributed by atoms with van der Waals surface area (Å²) in [5, 5.41) is 3.00. The molecule has 1 amide bonds. The summed E-state index contributed by atoms with van der Waals surface area (Å²) in [6.45, 7) is 1.92. The van der Waals surface area contributed by atoms with Gasteiger partial charge in [-0.1, -0.05) is 12.5 Å². The number of carbonyl (C=O) groups is 1. The van der Waals surface area contributed by atoms with Crippen molar-refractivity contribution in [3.63, 3.8) is 0 Å². The molecule has 0 spiro atoms. The van der Waals surface area contributed by atoms with E-state index in [0.29, 0.717) is 11.5 Å². The molecule has 1 aromatic heterocycles. The van der Waals surface area contributed by atoms with Gasteiger partial charge in [0.1, 0.15) is 0 Å². The number of nitrogens with zero attached hydrogens (tertiary/aromatic N) is 3. The Labute approximate surface area is 163 Å². The molecule has 146 valence electrons. The fraction of sp³-hybridized carbons (Fsp3) is 0.333. The molecule has 0 bridgehead atoms. The smallest absolute Gasteiger partial charge is 0.228 e. The van der Waals surface area contributed by atoms with Gasteiger partial charge in [-0.2, -0.15) is 0 Å². The summed E-state index contributed by atoms with van der Waals surface area (Å²) in [4.78, 5) is 25.3. The maximum absolute atomic E-state index is 13.1. The third-order valence-corrected chi connectivity index (χ3v) is 5.12. The van der Waals surface area contributed by atoms with Crippen LogP contribution in [0.5, 0.6) is 0 Å². The largest absolute Gasteiger partial charge is 0.405 e. The van der Waals surface area contributed by atoms with Crippen LogP contribution in [0.2, 0.25) is 0 Å². The maximum atomic E-state index is 13.1. The van der Waals surface area contributed by atoms with Crippen LogP contribution >= 0.6 is 0 Å². The molecule has 3 rings (SSSR count). The molecule has 1 heterocycles. The first-order chi connectivity index (χ1) is 13.5. The van der Waals surface area contributed by atoms with Gasteiger partial charge in [0.05, 0.1) is 12.4 Å². The average Bonchev–Trinajstić information content (AvgIpc) is 3.18. The Morgan fingerprint density at radius 1 is 1.29 bits per heavy atom. The predicted octanol–water partition coefficient (Wildman–Crippen LogP) is 3.49. The van der Waals surface area contributed by atoms with E-state index >= 15 is 0 Å². The molecule has 1 aliphatic carbocycles. The Balaban J connectivity index is 1.80. The Bertz CT molecular complexity index is 908. The van der Waals surface area contributed by atoms with Crippen LogP contribution < -0.4 is 11.1 Å². The Kier molecular flexibility index (Phi) is 6.13. The number of nitrogens with one attached hydrogen (secondary N) is 1. The van der Waals surface area contributed by atoms with Crippen molar-refractivity contribution in [1.29, 1.82) is 0 Å². The van der Waals surface area contributed by atoms with E-state index in [1.807, 2.05) is 25.1 Å². The van der Waals surface area contributed by atoms with E-state index in [1.54, 1.807) is 13.1 Å². The van der Waals surface area contributed by atoms with Crippen LogP contribution in [0, 0.1) is 24.6 Å². The number of hydrogen-bond acceptors (Lipinski definition) is 5. The lowest BCUT2D eigenvalue weighted by Gasteiger charge is -2.19. The SMILES string of the molecule is CN=C(/C=C\N)C1CCCC1C(=O)Nc1ccc(C)c(-c2ncc(F)cn2)c1. The van der Waals surface area contributed by atoms with Crippen LogP contribution in [-0.4, -0.2) is 28.6 Å². The number of hydrogen-bond donors (Lipinski definition) is 2. The van der Waals surface area contributed by atoms with Gasteiger partial charge in [-0.3, -0.25) is 9.79 Å². The third kappa shape index (κ3) is 4.24. The van der Waals surface area contributed by atoms with Crippen molar-refractivity contribution in [3.8, 4) is 11.4 Å². The van der Waals surface area contributed by atoms with Gasteiger partial charge < -0.3 is 11.1 Å². The highest BCUT2D eigenvalue weighted by molar-refractivity contribution is 6.02. The Hall–Kier alpha value is -3.09. The molecule has 2 aromatic rings. The van der Waals surface area contributed by atoms with Crippen molar-refractivity contribution in [2.45, 2.75) is 26.2 Å². The topological polar surface area (TPSA) is 93.3 Å². The molecule has 1 saturated carbocycles. The minimum atomic E-state index is -0.488. The lowest BCUT2D eigenvalue weighted by atomic mass is 9.90. The fourth-order valence-electron chi connectivity index (χ4n) is 3.72. The molecule has 2 unspecified atom stereocenters. The summed E-state index contributed by atoms with van der Waals surface area (Å²) in [6, 6.07) is 5.55. The minimum Gasteiger partial charge on any atom is -0.405 e. The van der Waals surface area contributed by atoms with E-state index < -0.39 is 5.82 Å². The molecule has 7 heteroatoms. The number of carbonyl (C=O) groups excluding carboxylic acids is 1. The number of nitrogens with two attached hydrogens (primary N) is 1. The third-order valence-electron chi connectivity index (χ3n) is 5.12. The van der Waals surface area contributed by atoms with Crippen LogP contribution in [0.25, 0.3) is 11.4 Å². The molecule has 0 saturated heterocycles. The first-order valence-electron chi connectivity index (χ1n) is 9.28. The average molecular weight is 381 g/mol. The van der Waals surface area contributed by atoms with Crippen LogP contribution in [0.4, 0.5) is 10.1 Å². The van der Waals surface area contributed by atoms with Crippen LogP contribution in [0.1, 0.15) is 24.8 Å². The van der Waals surface area contributed by atoms with Crippen molar-refractivity contribution >= 4 is 17.3 Å². The lowest BCUT2D eigenvalue weighted by Crippen LogP contribution is -2.29. The fourth-order valence-corrected chi connectivity index (χ4v) is 3.72. The van der Waals surface area contributed by atoms with Crippen LogP contribution in [0.15, 0.2) is 47.9 Å². The van der Waals surface area contributed by atoms with Gasteiger partial charge in [0.15, 0.2) is 11.6 Å². The van der Waals surface area contributed by atoms with E-state index in [2.05, 4.69) is 20.3 Å². The number of amides is 1. The number of allylic oxidation sites excluding steroid dienone is 1. The quantitative estimate of drug-likeness (QED) is 0.776. The molecule has 1 aliphatic rings. The maximum Gasteiger partial charge on any atom is 0.228 e. The monoisotopic (exact) mass is 381 g/mol. The van der Waals surface area contributed by atoms with E-state index in [9.17, 15) is 9.18 Å². The number of aryl methyl sites for hydroxylation is 1. The molecule has 2 atom stereocenters. The van der Waals surface area contributed by atoms with Gasteiger partial charge in [0.25, 0.3) is 0 Å². The molecule has 0 radical (unpaired) electrons. The number of halogens is 1. The highest BCUT2D eigenvalue weighted by Crippen LogP contribution is 2.34. The standard InChI is InChI=1S/C21H24FN5O/c1-13-6-7-15(10-18(13)20-25-11-14(22)12-26-20)27-21(28)17-5-3-4-16(17)19(24-2)8-9-23/h6-12,16-17H,3-5,23H2,1-2H3,(H,27,28)/b9-8-,24-19?. The van der Waals surface area contributed by atoms with Crippen molar-refractivity contribution in [1.82, 2.24) is 9.97 Å². The van der Waals surface area contributed by atoms with Crippen molar-refractivity contribution in [2.75, 3.05) is 12.4 Å². The van der Waals surface area contributed by atoms with Gasteiger partial charge in [-0.05, 0) is 49.7 Å². The zero-order valence-corrected chi connectivity index (χ0v) is 16.0. The zero-order valence-electron chi connectivity index (χ0n) is 16.0. The number of benzene rings is 1. The number of aromatic nitrogens is 2. The van der Waals surface area contributed by atoms with E-state index in [1.165, 1.54) is 6.20 Å². The highest BCUT2D eigenvalue weighted by Gasteiger charge is 2.35. The normalized spacial score (nSPS) is 19.9. The summed E-state index contributed by atoms with van der Waals surface area (Å²) >= 11 is 0. The van der Waals surface area contributed by atoms with Crippen molar-refractivity contribution in [2.24, 2.45) is 22.6 Å². The second kappa shape index (κ2) is 8.73. The zero-order chi connectivity index (χ0) is 20.1. The molecular weight excluding hydrogens is 357 g/mol. The molecule has 28 heavy (non-hydrogen) atoms. The summed E-state index contributed by atoms with van der Waals surface area (Å²) in [5.74, 6) is -0.193. The first kappa shape index (κ1) is 19.7. The lowest BCUT2D eigenvalue weighted by molar-refractivity contribution is -0.120. The van der Waals surface area contributed by atoms with E-state index in [-0.39, 0.29) is 17.7 Å². The predicted molar refractivity (Wildman–Crippen MR) is 108 cm³/mol. The Morgan fingerprint density at radius 2 is 2.00 bits per heavy atom. The highest BCUT2D eigenvalue weighted by atomic mass is 19.1. The van der Waals surface area contributed by atoms with Crippen LogP contribution in [0.3, 0.4) is 0 Å². The van der Waals surface area contributed by atoms with Gasteiger partial charge in [-0.25, -0.2) is 14.4 Å². The molecule has 0 aliphatic heterocycles. The first-order valence-corrected chi connectivity index (χ1v) is 9.28. The number of rotatable bonds is 5. The van der Waals surface area contributed by atoms with Crippen LogP contribution in [-0.2, 0) is 4.79 Å². The second-order valence-electron chi connectivity index (χ2n) is 6.90. The van der Waals surface area contributed by atoms with Gasteiger partial charge >= 0.3 is 0 Å². The van der Waals surface area contributed by atoms with Gasteiger partial charge in [0.2, 0.25) is 5.91 Å². The van der Waals surface area contributed by atoms with E-state index in [4.69, 9.17) is 5.73 Å². The summed E-state index contributed by atoms with van der Waals surface area (Å²) < 4.78 is 13.1. The molecule has 1 fully saturated rings. The molecule has 1 aromatic carbocycles. The minimum absolute atomic E-state index is 0.0381. The Morgan fingerprint density at radius 3 is 2.68 bits per heavy atom. The number of aliphatic imine (C=N–C) groups is 1. The number of anilines is 1. The van der Waals surface area contributed by atoms with Crippen molar-refractivity contribution < 1.29 is 9.18 Å². The molecule has 6 nitrogen and oxygen atoms in total. The summed E-state index contributed by atoms with van der Waals surface area (Å²) in [5.41, 5.74) is 8.72. The van der Waals surface area contributed by atoms with Gasteiger partial charge in [-0.15, -0.1) is 0 Å². The second-order valence-corrected chi connectivity index (χ2v) is 6.90. The molecule has 3 N–H and O–H groups in total. The van der Waals surface area contributed by atoms with E-state index in [0.717, 1.165) is 48.5 Å². The summed E-state index contributed by atoms with van der Waals surface area (Å²) in [7, 11) is 1.72. The van der Waals surface area contributed by atoms with Gasteiger partial charge in [0, 0.05) is 35.8 Å². The summed E-state index contributed by atoms with van der Waals surface area (Å²) in [6.07, 6.45) is 8.20. The van der Waals surface area contributed by atoms with Crippen molar-refractivity contribution in [3.05, 3.63) is 54.2 Å².